The molecular weight excluding hydrogens is 142 g/mol. The Labute approximate surface area is 56.3 Å². The maximum atomic E-state index is 10.7. The second-order valence-electron chi connectivity index (χ2n) is 1.74. The summed E-state index contributed by atoms with van der Waals surface area (Å²) in [5.41, 5.74) is 0. The first-order valence-corrected chi connectivity index (χ1v) is 4.08. The third-order valence-corrected chi connectivity index (χ3v) is 3.24. The van der Waals surface area contributed by atoms with E-state index in [0.717, 1.165) is 12.3 Å². The van der Waals surface area contributed by atoms with Gasteiger partial charge in [0.25, 0.3) is 0 Å². The topological polar surface area (TPSA) is 20.3 Å². The molecule has 0 amide bonds. The molecule has 4 heteroatoms. The van der Waals surface area contributed by atoms with E-state index in [9.17, 15) is 4.21 Å². The summed E-state index contributed by atoms with van der Waals surface area (Å²) in [5, 5.41) is 0. The van der Waals surface area contributed by atoms with Gasteiger partial charge >= 0.3 is 0 Å². The zero-order valence-corrected chi connectivity index (χ0v) is 6.22. The summed E-state index contributed by atoms with van der Waals surface area (Å²) in [6.07, 6.45) is 0. The Morgan fingerprint density at radius 3 is 2.62 bits per heavy atom. The quantitative estimate of drug-likeness (QED) is 0.451. The Kier molecular flexibility index (Phi) is 1.62. The maximum Gasteiger partial charge on any atom is 0.167 e. The predicted molar refractivity (Wildman–Crippen MR) is 38.2 cm³/mol. The lowest BCUT2D eigenvalue weighted by Crippen LogP contribution is -2.17. The minimum atomic E-state index is -0.840. The molecule has 0 aromatic carbocycles. The smallest absolute Gasteiger partial charge is 0.167 e. The third kappa shape index (κ3) is 0.902. The van der Waals surface area contributed by atoms with Gasteiger partial charge in [0.1, 0.15) is 0 Å². The Morgan fingerprint density at radius 2 is 2.50 bits per heavy atom. The first kappa shape index (κ1) is 6.16. The van der Waals surface area contributed by atoms with Gasteiger partial charge in [-0.1, -0.05) is 12.2 Å². The van der Waals surface area contributed by atoms with Crippen molar-refractivity contribution in [1.29, 1.82) is 0 Å². The van der Waals surface area contributed by atoms with E-state index in [1.54, 1.807) is 0 Å². The normalized spacial score (nSPS) is 29.4. The lowest BCUT2D eigenvalue weighted by molar-refractivity contribution is 0.572. The highest BCUT2D eigenvalue weighted by molar-refractivity contribution is 8.13. The number of nitrogens with zero attached hydrogens (tertiary/aromatic N) is 1. The summed E-state index contributed by atoms with van der Waals surface area (Å²) >= 11 is 4.79. The van der Waals surface area contributed by atoms with Crippen LogP contribution in [0.15, 0.2) is 0 Å². The Morgan fingerprint density at radius 1 is 1.88 bits per heavy atom. The SMILES string of the molecule is CN1CCS(=O)C1=S. The minimum Gasteiger partial charge on any atom is -0.358 e. The predicted octanol–water partition coefficient (Wildman–Crippen LogP) is -0.0346. The van der Waals surface area contributed by atoms with E-state index in [-0.39, 0.29) is 0 Å². The van der Waals surface area contributed by atoms with Crippen molar-refractivity contribution in [1.82, 2.24) is 4.90 Å². The van der Waals surface area contributed by atoms with E-state index in [1.165, 1.54) is 0 Å². The van der Waals surface area contributed by atoms with Crippen LogP contribution in [-0.2, 0) is 10.8 Å². The van der Waals surface area contributed by atoms with E-state index < -0.39 is 10.8 Å². The van der Waals surface area contributed by atoms with Crippen LogP contribution in [0.5, 0.6) is 0 Å². The van der Waals surface area contributed by atoms with Crippen molar-refractivity contribution in [3.05, 3.63) is 0 Å². The summed E-state index contributed by atoms with van der Waals surface area (Å²) in [4.78, 5) is 1.85. The summed E-state index contributed by atoms with van der Waals surface area (Å²) in [7, 11) is 1.03. The molecule has 0 saturated carbocycles. The van der Waals surface area contributed by atoms with Gasteiger partial charge in [-0.05, 0) is 0 Å². The molecule has 0 aromatic heterocycles. The molecule has 1 rings (SSSR count). The Balaban J connectivity index is 2.71. The summed E-state index contributed by atoms with van der Waals surface area (Å²) in [6, 6.07) is 0. The molecular formula is C4H7NOS2. The van der Waals surface area contributed by atoms with Crippen LogP contribution in [0.2, 0.25) is 0 Å². The number of thiocarbonyl (C=S) groups is 1. The van der Waals surface area contributed by atoms with Crippen molar-refractivity contribution >= 4 is 27.3 Å². The van der Waals surface area contributed by atoms with E-state index in [1.807, 2.05) is 11.9 Å². The highest BCUT2D eigenvalue weighted by Crippen LogP contribution is 2.03. The standard InChI is InChI=1S/C4H7NOS2/c1-5-2-3-8(6)4(5)7/h2-3H2,1H3. The molecule has 1 atom stereocenters. The van der Waals surface area contributed by atoms with E-state index >= 15 is 0 Å². The highest BCUT2D eigenvalue weighted by atomic mass is 32.2. The zero-order chi connectivity index (χ0) is 6.15. The van der Waals surface area contributed by atoms with Gasteiger partial charge in [-0.15, -0.1) is 0 Å². The third-order valence-electron chi connectivity index (χ3n) is 1.12. The second-order valence-corrected chi connectivity index (χ2v) is 3.87. The van der Waals surface area contributed by atoms with Gasteiger partial charge in [0.05, 0.1) is 10.8 Å². The molecule has 1 fully saturated rings. The molecule has 8 heavy (non-hydrogen) atoms. The molecule has 1 aliphatic heterocycles. The number of hydrogen-bond donors (Lipinski definition) is 0. The van der Waals surface area contributed by atoms with Crippen LogP contribution < -0.4 is 0 Å². The average molecular weight is 149 g/mol. The molecule has 1 saturated heterocycles. The second kappa shape index (κ2) is 2.11. The Bertz CT molecular complexity index is 145. The Hall–Kier alpha value is 0.0400. The van der Waals surface area contributed by atoms with Crippen LogP contribution >= 0.6 is 12.2 Å². The molecule has 0 spiro atoms. The van der Waals surface area contributed by atoms with Crippen LogP contribution in [-0.4, -0.2) is 32.8 Å². The molecule has 46 valence electrons. The fourth-order valence-electron chi connectivity index (χ4n) is 0.572. The van der Waals surface area contributed by atoms with Gasteiger partial charge in [0.15, 0.2) is 4.32 Å². The van der Waals surface area contributed by atoms with Crippen molar-refractivity contribution < 1.29 is 4.21 Å². The molecule has 0 aliphatic carbocycles. The molecule has 0 aromatic rings. The van der Waals surface area contributed by atoms with Gasteiger partial charge in [-0.3, -0.25) is 4.21 Å². The van der Waals surface area contributed by atoms with Gasteiger partial charge in [-0.2, -0.15) is 0 Å². The number of hydrogen-bond acceptors (Lipinski definition) is 2. The molecule has 1 unspecified atom stereocenters. The summed E-state index contributed by atoms with van der Waals surface area (Å²) in [5.74, 6) is 0.718. The minimum absolute atomic E-state index is 0.602. The largest absolute Gasteiger partial charge is 0.358 e. The zero-order valence-electron chi connectivity index (χ0n) is 4.59. The van der Waals surface area contributed by atoms with Crippen LogP contribution in [0.1, 0.15) is 0 Å². The fraction of sp³-hybridized carbons (Fsp3) is 0.750. The summed E-state index contributed by atoms with van der Waals surface area (Å²) in [6.45, 7) is 0.853. The van der Waals surface area contributed by atoms with Crippen LogP contribution in [0.25, 0.3) is 0 Å². The molecule has 0 radical (unpaired) electrons. The number of rotatable bonds is 0. The van der Waals surface area contributed by atoms with E-state index in [4.69, 9.17) is 12.2 Å². The fourth-order valence-corrected chi connectivity index (χ4v) is 1.97. The molecule has 0 bridgehead atoms. The first-order valence-electron chi connectivity index (χ1n) is 2.35. The lowest BCUT2D eigenvalue weighted by atomic mass is 10.7. The van der Waals surface area contributed by atoms with E-state index in [0.29, 0.717) is 4.32 Å². The van der Waals surface area contributed by atoms with E-state index in [2.05, 4.69) is 0 Å². The van der Waals surface area contributed by atoms with Crippen LogP contribution in [0.4, 0.5) is 0 Å². The molecule has 1 aliphatic rings. The van der Waals surface area contributed by atoms with Crippen molar-refractivity contribution in [2.24, 2.45) is 0 Å². The average Bonchev–Trinajstić information content (AvgIpc) is 1.98. The van der Waals surface area contributed by atoms with Crippen LogP contribution in [0.3, 0.4) is 0 Å². The van der Waals surface area contributed by atoms with Gasteiger partial charge in [-0.25, -0.2) is 0 Å². The lowest BCUT2D eigenvalue weighted by Gasteiger charge is -2.04. The van der Waals surface area contributed by atoms with Gasteiger partial charge in [0.2, 0.25) is 0 Å². The van der Waals surface area contributed by atoms with Crippen molar-refractivity contribution in [3.63, 3.8) is 0 Å². The first-order chi connectivity index (χ1) is 3.72. The van der Waals surface area contributed by atoms with Gasteiger partial charge < -0.3 is 4.90 Å². The van der Waals surface area contributed by atoms with Crippen molar-refractivity contribution in [2.75, 3.05) is 19.3 Å². The van der Waals surface area contributed by atoms with Crippen LogP contribution in [0, 0.1) is 0 Å². The molecule has 1 heterocycles. The summed E-state index contributed by atoms with van der Waals surface area (Å²) < 4.78 is 11.3. The highest BCUT2D eigenvalue weighted by Gasteiger charge is 2.19. The molecule has 0 N–H and O–H groups in total. The van der Waals surface area contributed by atoms with Crippen molar-refractivity contribution in [2.45, 2.75) is 0 Å². The van der Waals surface area contributed by atoms with Crippen molar-refractivity contribution in [3.8, 4) is 0 Å². The monoisotopic (exact) mass is 149 g/mol. The molecule has 2 nitrogen and oxygen atoms in total. The maximum absolute atomic E-state index is 10.7. The van der Waals surface area contributed by atoms with Gasteiger partial charge in [0, 0.05) is 19.3 Å².